The van der Waals surface area contributed by atoms with Gasteiger partial charge in [-0.25, -0.2) is 9.18 Å². The zero-order valence-electron chi connectivity index (χ0n) is 22.0. The van der Waals surface area contributed by atoms with E-state index in [0.717, 1.165) is 6.92 Å². The molecule has 0 aliphatic heterocycles. The summed E-state index contributed by atoms with van der Waals surface area (Å²) in [5.41, 5.74) is 0.348. The number of ether oxygens (including phenoxy) is 4. The largest absolute Gasteiger partial charge is 0.496 e. The van der Waals surface area contributed by atoms with Gasteiger partial charge in [0.05, 0.1) is 14.2 Å². The first kappa shape index (κ1) is 30.3. The minimum absolute atomic E-state index is 0.0103. The van der Waals surface area contributed by atoms with Crippen LogP contribution in [0.1, 0.15) is 53.0 Å². The third kappa shape index (κ3) is 7.93. The number of carbonyl (C=O) groups is 3. The normalized spacial score (nSPS) is 14.7. The summed E-state index contributed by atoms with van der Waals surface area (Å²) in [4.78, 5) is 40.9. The van der Waals surface area contributed by atoms with E-state index in [1.165, 1.54) is 39.4 Å². The first-order valence-corrected chi connectivity index (χ1v) is 11.4. The summed E-state index contributed by atoms with van der Waals surface area (Å²) in [5, 5.41) is 2.48. The van der Waals surface area contributed by atoms with E-state index in [0.29, 0.717) is 11.3 Å². The molecule has 10 heteroatoms. The van der Waals surface area contributed by atoms with Gasteiger partial charge in [-0.3, -0.25) is 14.6 Å². The molecule has 0 bridgehead atoms. The lowest BCUT2D eigenvalue weighted by molar-refractivity contribution is -0.153. The van der Waals surface area contributed by atoms with Crippen LogP contribution in [0.3, 0.4) is 0 Å². The average Bonchev–Trinajstić information content (AvgIpc) is 2.80. The van der Waals surface area contributed by atoms with Gasteiger partial charge in [-0.15, -0.1) is 0 Å². The van der Waals surface area contributed by atoms with Crippen molar-refractivity contribution in [1.82, 2.24) is 5.32 Å². The molecule has 1 aromatic carbocycles. The van der Waals surface area contributed by atoms with E-state index < -0.39 is 35.8 Å². The highest BCUT2D eigenvalue weighted by molar-refractivity contribution is 5.97. The van der Waals surface area contributed by atoms with E-state index in [1.807, 2.05) is 13.8 Å². The van der Waals surface area contributed by atoms with Crippen molar-refractivity contribution in [2.75, 3.05) is 14.2 Å². The number of halogens is 1. The van der Waals surface area contributed by atoms with Crippen LogP contribution in [0.2, 0.25) is 0 Å². The van der Waals surface area contributed by atoms with Crippen molar-refractivity contribution in [3.63, 3.8) is 0 Å². The monoisotopic (exact) mass is 506 g/mol. The van der Waals surface area contributed by atoms with Crippen molar-refractivity contribution < 1.29 is 37.7 Å². The van der Waals surface area contributed by atoms with Crippen LogP contribution < -0.4 is 10.1 Å². The van der Waals surface area contributed by atoms with Crippen molar-refractivity contribution >= 4 is 24.6 Å². The summed E-state index contributed by atoms with van der Waals surface area (Å²) in [6.07, 6.45) is 0.842. The lowest BCUT2D eigenvalue weighted by atomic mass is 9.84. The molecule has 1 rings (SSSR count). The van der Waals surface area contributed by atoms with Gasteiger partial charge in [-0.05, 0) is 45.5 Å². The Morgan fingerprint density at radius 1 is 1.14 bits per heavy atom. The second-order valence-electron chi connectivity index (χ2n) is 8.28. The molecule has 198 valence electrons. The zero-order valence-corrected chi connectivity index (χ0v) is 22.0. The van der Waals surface area contributed by atoms with Gasteiger partial charge < -0.3 is 24.3 Å². The number of rotatable bonds is 12. The van der Waals surface area contributed by atoms with E-state index in [9.17, 15) is 18.8 Å². The number of nitrogens with zero attached hydrogens (tertiary/aromatic N) is 1. The maximum atomic E-state index is 13.7. The van der Waals surface area contributed by atoms with Crippen LogP contribution in [0.25, 0.3) is 0 Å². The molecule has 0 aliphatic rings. The van der Waals surface area contributed by atoms with Crippen LogP contribution in [0, 0.1) is 11.7 Å². The van der Waals surface area contributed by atoms with Crippen molar-refractivity contribution in [2.24, 2.45) is 10.9 Å². The molecule has 0 spiro atoms. The van der Waals surface area contributed by atoms with Crippen LogP contribution in [-0.2, 0) is 28.6 Å². The molecule has 9 nitrogen and oxygen atoms in total. The third-order valence-corrected chi connectivity index (χ3v) is 5.32. The van der Waals surface area contributed by atoms with E-state index in [-0.39, 0.29) is 29.1 Å². The average molecular weight is 507 g/mol. The smallest absolute Gasteiger partial charge is 0.328 e. The predicted octanol–water partition coefficient (Wildman–Crippen LogP) is 4.04. The van der Waals surface area contributed by atoms with Gasteiger partial charge in [-0.1, -0.05) is 19.9 Å². The van der Waals surface area contributed by atoms with Crippen molar-refractivity contribution in [3.8, 4) is 5.75 Å². The Bertz CT molecular complexity index is 1030. The number of carbonyl (C=O) groups excluding carboxylic acids is 3. The summed E-state index contributed by atoms with van der Waals surface area (Å²) in [6, 6.07) is 3.11. The molecule has 0 aromatic heterocycles. The van der Waals surface area contributed by atoms with Crippen LogP contribution in [0.5, 0.6) is 5.75 Å². The molecule has 0 aliphatic carbocycles. The molecule has 0 heterocycles. The zero-order chi connectivity index (χ0) is 27.6. The Labute approximate surface area is 211 Å². The maximum Gasteiger partial charge on any atom is 0.328 e. The molecule has 0 radical (unpaired) electrons. The number of methoxy groups -OCH3 is 2. The highest BCUT2D eigenvalue weighted by Gasteiger charge is 2.31. The topological polar surface area (TPSA) is 113 Å². The fourth-order valence-electron chi connectivity index (χ4n) is 3.74. The first-order chi connectivity index (χ1) is 16.9. The van der Waals surface area contributed by atoms with Gasteiger partial charge in [0.1, 0.15) is 23.7 Å². The van der Waals surface area contributed by atoms with E-state index in [2.05, 4.69) is 17.0 Å². The summed E-state index contributed by atoms with van der Waals surface area (Å²) in [7, 11) is 2.77. The molecule has 0 saturated carbocycles. The highest BCUT2D eigenvalue weighted by Crippen LogP contribution is 2.36. The Hall–Kier alpha value is -3.69. The molecule has 1 N–H and O–H groups in total. The number of amides is 1. The van der Waals surface area contributed by atoms with Crippen molar-refractivity contribution in [1.29, 1.82) is 0 Å². The molecule has 0 unspecified atom stereocenters. The van der Waals surface area contributed by atoms with Crippen LogP contribution in [0.4, 0.5) is 4.39 Å². The summed E-state index contributed by atoms with van der Waals surface area (Å²) >= 11 is 0. The number of nitrogens with one attached hydrogen (secondary N) is 1. The summed E-state index contributed by atoms with van der Waals surface area (Å²) in [5.74, 6) is -2.79. The number of allylic oxidation sites excluding steroid dienone is 1. The first-order valence-electron chi connectivity index (χ1n) is 11.4. The SMILES string of the molecule is C=N/C(C(=O)N[C@@H](C)C(=O)O[C@@H](C)[C@H](c1ccc(F)cc1OC)C(C)C)=C(OC(C)=O)\C(=C/C)OC. The lowest BCUT2D eigenvalue weighted by Crippen LogP contribution is -2.42. The van der Waals surface area contributed by atoms with Gasteiger partial charge in [0.15, 0.2) is 11.5 Å². The Morgan fingerprint density at radius 2 is 1.78 bits per heavy atom. The van der Waals surface area contributed by atoms with Crippen LogP contribution in [0.15, 0.2) is 46.5 Å². The summed E-state index contributed by atoms with van der Waals surface area (Å²) in [6.45, 7) is 13.2. The molecule has 1 amide bonds. The molecule has 1 aromatic rings. The fourth-order valence-corrected chi connectivity index (χ4v) is 3.74. The molecule has 36 heavy (non-hydrogen) atoms. The van der Waals surface area contributed by atoms with Crippen LogP contribution >= 0.6 is 0 Å². The van der Waals surface area contributed by atoms with Gasteiger partial charge >= 0.3 is 11.9 Å². The van der Waals surface area contributed by atoms with Gasteiger partial charge in [0.25, 0.3) is 5.91 Å². The van der Waals surface area contributed by atoms with Gasteiger partial charge in [0.2, 0.25) is 5.76 Å². The Morgan fingerprint density at radius 3 is 2.25 bits per heavy atom. The predicted molar refractivity (Wildman–Crippen MR) is 133 cm³/mol. The third-order valence-electron chi connectivity index (χ3n) is 5.32. The molecule has 0 saturated heterocycles. The van der Waals surface area contributed by atoms with Gasteiger partial charge in [0, 0.05) is 24.5 Å². The standard InChI is InChI=1S/C26H35FN2O7/c1-10-20(33-8)24(36-17(6)30)23(28-7)25(31)29-15(4)26(32)35-16(5)22(14(2)3)19-12-11-18(27)13-21(19)34-9/h10-16,22H,7H2,1-6,8-9H3,(H,29,31)/b20-10+,24-23+/t15-,16-,22+/m0/s1. The second kappa shape index (κ2) is 14.0. The Balaban J connectivity index is 3.14. The molecule has 0 fully saturated rings. The highest BCUT2D eigenvalue weighted by atomic mass is 19.1. The summed E-state index contributed by atoms with van der Waals surface area (Å²) < 4.78 is 34.9. The number of esters is 2. The number of aliphatic imine (C=N–C) groups is 1. The molecular formula is C26H35FN2O7. The molecule has 3 atom stereocenters. The van der Waals surface area contributed by atoms with Crippen LogP contribution in [-0.4, -0.2) is 50.9 Å². The Kier molecular flexibility index (Phi) is 11.8. The van der Waals surface area contributed by atoms with E-state index in [4.69, 9.17) is 18.9 Å². The van der Waals surface area contributed by atoms with Crippen molar-refractivity contribution in [3.05, 3.63) is 52.9 Å². The fraction of sp³-hybridized carbons (Fsp3) is 0.462. The number of benzene rings is 1. The maximum absolute atomic E-state index is 13.7. The molecular weight excluding hydrogens is 471 g/mol. The lowest BCUT2D eigenvalue weighted by Gasteiger charge is -2.30. The number of hydrogen-bond donors (Lipinski definition) is 1. The van der Waals surface area contributed by atoms with E-state index in [1.54, 1.807) is 19.9 Å². The van der Waals surface area contributed by atoms with E-state index >= 15 is 0 Å². The number of hydrogen-bond acceptors (Lipinski definition) is 8. The quantitative estimate of drug-likeness (QED) is 0.150. The van der Waals surface area contributed by atoms with Crippen molar-refractivity contribution in [2.45, 2.75) is 59.6 Å². The van der Waals surface area contributed by atoms with Gasteiger partial charge in [-0.2, -0.15) is 0 Å². The second-order valence-corrected chi connectivity index (χ2v) is 8.28. The minimum Gasteiger partial charge on any atom is -0.496 e. The minimum atomic E-state index is -1.09.